The fourth-order valence-corrected chi connectivity index (χ4v) is 6.44. The molecule has 6 rings (SSSR count). The van der Waals surface area contributed by atoms with Crippen molar-refractivity contribution in [3.05, 3.63) is 59.3 Å². The molecule has 4 heterocycles. The number of amides is 3. The molecule has 0 bridgehead atoms. The van der Waals surface area contributed by atoms with E-state index < -0.39 is 18.2 Å². The molecule has 0 saturated carbocycles. The number of likely N-dealkylation sites (N-methyl/N-ethyl adjacent to an activating group) is 1. The van der Waals surface area contributed by atoms with E-state index in [1.807, 2.05) is 6.07 Å². The third kappa shape index (κ3) is 4.56. The van der Waals surface area contributed by atoms with Crippen molar-refractivity contribution in [2.45, 2.75) is 38.0 Å². The minimum Gasteiger partial charge on any atom is -0.508 e. The van der Waals surface area contributed by atoms with Crippen LogP contribution in [0.1, 0.15) is 29.8 Å². The smallest absolute Gasteiger partial charge is 0.387 e. The molecule has 40 heavy (non-hydrogen) atoms. The van der Waals surface area contributed by atoms with E-state index in [2.05, 4.69) is 26.6 Å². The fraction of sp³-hybridized carbons (Fsp3) is 0.448. The van der Waals surface area contributed by atoms with Gasteiger partial charge in [-0.15, -0.1) is 0 Å². The number of aromatic nitrogens is 1. The Kier molecular flexibility index (Phi) is 6.66. The third-order valence-corrected chi connectivity index (χ3v) is 8.55. The van der Waals surface area contributed by atoms with Gasteiger partial charge in [0.05, 0.1) is 6.04 Å². The average molecular weight is 554 g/mol. The first kappa shape index (κ1) is 26.5. The predicted molar refractivity (Wildman–Crippen MR) is 144 cm³/mol. The maximum absolute atomic E-state index is 14.0. The van der Waals surface area contributed by atoms with Crippen LogP contribution in [0.5, 0.6) is 11.5 Å². The standard InChI is InChI=1S/C29H33F2N5O4/c1-29-17-22-21-16-20(40-27(30)31)6-7-23(21)32-25(22)24(15-18-4-3-5-19(37)14-18)36(29)28(39)35(26(29)38)13-12-34-10-8-33(2)9-11-34/h3-7,14,16,24,27,32,37H,8-13,15,17H2,1-2H3/t24?,29-/m0/s1. The molecule has 0 radical (unpaired) electrons. The van der Waals surface area contributed by atoms with Crippen molar-refractivity contribution in [1.29, 1.82) is 0 Å². The van der Waals surface area contributed by atoms with Crippen molar-refractivity contribution >= 4 is 22.8 Å². The zero-order valence-corrected chi connectivity index (χ0v) is 22.6. The van der Waals surface area contributed by atoms with Gasteiger partial charge < -0.3 is 24.6 Å². The molecular formula is C29H33F2N5O4. The molecule has 1 aromatic heterocycles. The van der Waals surface area contributed by atoms with E-state index in [1.54, 1.807) is 42.2 Å². The molecule has 212 valence electrons. The molecule has 0 aliphatic carbocycles. The van der Waals surface area contributed by atoms with E-state index in [0.29, 0.717) is 30.4 Å². The summed E-state index contributed by atoms with van der Waals surface area (Å²) >= 11 is 0. The monoisotopic (exact) mass is 553 g/mol. The summed E-state index contributed by atoms with van der Waals surface area (Å²) < 4.78 is 30.6. The number of urea groups is 1. The Hall–Kier alpha value is -3.70. The zero-order chi connectivity index (χ0) is 28.2. The number of nitrogens with one attached hydrogen (secondary N) is 1. The Labute approximate surface area is 230 Å². The Morgan fingerprint density at radius 2 is 1.88 bits per heavy atom. The first-order chi connectivity index (χ1) is 19.1. The highest BCUT2D eigenvalue weighted by Gasteiger charge is 2.59. The minimum absolute atomic E-state index is 0.0315. The Morgan fingerprint density at radius 1 is 1.10 bits per heavy atom. The normalized spacial score (nSPS) is 23.8. The number of benzene rings is 2. The number of imide groups is 1. The lowest BCUT2D eigenvalue weighted by atomic mass is 9.81. The molecule has 2 aromatic carbocycles. The molecule has 2 fully saturated rings. The second-order valence-corrected chi connectivity index (χ2v) is 11.2. The van der Waals surface area contributed by atoms with Crippen LogP contribution in [0.25, 0.3) is 10.9 Å². The number of H-pyrrole nitrogens is 1. The van der Waals surface area contributed by atoms with Crippen LogP contribution in [-0.4, -0.2) is 100 Å². The van der Waals surface area contributed by atoms with E-state index >= 15 is 0 Å². The van der Waals surface area contributed by atoms with Gasteiger partial charge in [-0.05, 0) is 61.9 Å². The van der Waals surface area contributed by atoms with Gasteiger partial charge in [-0.3, -0.25) is 14.6 Å². The quantitative estimate of drug-likeness (QED) is 0.435. The summed E-state index contributed by atoms with van der Waals surface area (Å²) in [4.78, 5) is 39.0. The Bertz CT molecular complexity index is 1450. The third-order valence-electron chi connectivity index (χ3n) is 8.55. The number of nitrogens with zero attached hydrogens (tertiary/aromatic N) is 4. The highest BCUT2D eigenvalue weighted by atomic mass is 19.3. The molecule has 2 N–H and O–H groups in total. The van der Waals surface area contributed by atoms with Crippen LogP contribution >= 0.6 is 0 Å². The SMILES string of the molecule is CN1CCN(CCN2C(=O)N3C(Cc4cccc(O)c4)c4[nH]c5ccc(OC(F)F)cc5c4C[C@@]3(C)C2=O)CC1. The van der Waals surface area contributed by atoms with E-state index in [-0.39, 0.29) is 29.9 Å². The summed E-state index contributed by atoms with van der Waals surface area (Å²) in [5.41, 5.74) is 1.93. The summed E-state index contributed by atoms with van der Waals surface area (Å²) in [5, 5.41) is 10.8. The first-order valence-corrected chi connectivity index (χ1v) is 13.6. The topological polar surface area (TPSA) is 92.4 Å². The lowest BCUT2D eigenvalue weighted by molar-refractivity contribution is -0.133. The van der Waals surface area contributed by atoms with Gasteiger partial charge in [0.2, 0.25) is 0 Å². The lowest BCUT2D eigenvalue weighted by Crippen LogP contribution is -2.53. The number of ether oxygens (including phenoxy) is 1. The zero-order valence-electron chi connectivity index (χ0n) is 22.6. The van der Waals surface area contributed by atoms with Crippen molar-refractivity contribution in [3.8, 4) is 11.5 Å². The van der Waals surface area contributed by atoms with E-state index in [4.69, 9.17) is 0 Å². The van der Waals surface area contributed by atoms with E-state index in [0.717, 1.165) is 43.0 Å². The molecular weight excluding hydrogens is 520 g/mol. The van der Waals surface area contributed by atoms with Crippen molar-refractivity contribution in [2.24, 2.45) is 0 Å². The summed E-state index contributed by atoms with van der Waals surface area (Å²) in [6, 6.07) is 10.7. The van der Waals surface area contributed by atoms with Crippen LogP contribution in [0.15, 0.2) is 42.5 Å². The molecule has 2 atom stereocenters. The Balaban J connectivity index is 1.38. The van der Waals surface area contributed by atoms with Gasteiger partial charge in [-0.25, -0.2) is 4.79 Å². The van der Waals surface area contributed by atoms with Crippen molar-refractivity contribution < 1.29 is 28.2 Å². The van der Waals surface area contributed by atoms with Crippen molar-refractivity contribution in [3.63, 3.8) is 0 Å². The second kappa shape index (κ2) is 10.0. The molecule has 3 aliphatic heterocycles. The number of aromatic amines is 1. The summed E-state index contributed by atoms with van der Waals surface area (Å²) in [6.07, 6.45) is 0.599. The van der Waals surface area contributed by atoms with Gasteiger partial charge in [0.15, 0.2) is 0 Å². The molecule has 1 unspecified atom stereocenters. The van der Waals surface area contributed by atoms with Crippen LogP contribution in [0.4, 0.5) is 13.6 Å². The number of carbonyl (C=O) groups excluding carboxylic acids is 2. The van der Waals surface area contributed by atoms with Gasteiger partial charge in [-0.1, -0.05) is 12.1 Å². The average Bonchev–Trinajstić information content (AvgIpc) is 3.35. The predicted octanol–water partition coefficient (Wildman–Crippen LogP) is 3.59. The minimum atomic E-state index is -2.96. The maximum Gasteiger partial charge on any atom is 0.387 e. The largest absolute Gasteiger partial charge is 0.508 e. The van der Waals surface area contributed by atoms with Crippen LogP contribution in [-0.2, 0) is 17.6 Å². The first-order valence-electron chi connectivity index (χ1n) is 13.6. The van der Waals surface area contributed by atoms with Crippen LogP contribution in [0, 0.1) is 0 Å². The maximum atomic E-state index is 14.0. The lowest BCUT2D eigenvalue weighted by Gasteiger charge is -2.42. The molecule has 2 saturated heterocycles. The number of halogens is 2. The summed E-state index contributed by atoms with van der Waals surface area (Å²) in [5.74, 6) is -0.115. The van der Waals surface area contributed by atoms with Crippen LogP contribution in [0.2, 0.25) is 0 Å². The molecule has 3 aromatic rings. The van der Waals surface area contributed by atoms with E-state index in [1.165, 1.54) is 11.0 Å². The molecule has 11 heteroatoms. The second-order valence-electron chi connectivity index (χ2n) is 11.2. The number of hydrogen-bond acceptors (Lipinski definition) is 6. The van der Waals surface area contributed by atoms with Crippen molar-refractivity contribution in [2.75, 3.05) is 46.3 Å². The fourth-order valence-electron chi connectivity index (χ4n) is 6.44. The Morgan fingerprint density at radius 3 is 2.60 bits per heavy atom. The number of rotatable bonds is 7. The number of hydrogen-bond donors (Lipinski definition) is 2. The number of carbonyl (C=O) groups is 2. The molecule has 3 aliphatic rings. The van der Waals surface area contributed by atoms with Crippen molar-refractivity contribution in [1.82, 2.24) is 24.6 Å². The van der Waals surface area contributed by atoms with Crippen LogP contribution < -0.4 is 4.74 Å². The number of phenols is 1. The van der Waals surface area contributed by atoms with Gasteiger partial charge in [0.25, 0.3) is 5.91 Å². The summed E-state index contributed by atoms with van der Waals surface area (Å²) in [6.45, 7) is 3.39. The summed E-state index contributed by atoms with van der Waals surface area (Å²) in [7, 11) is 2.08. The van der Waals surface area contributed by atoms with Gasteiger partial charge in [0.1, 0.15) is 17.0 Å². The number of alkyl halides is 2. The molecule has 3 amide bonds. The van der Waals surface area contributed by atoms with Gasteiger partial charge in [-0.2, -0.15) is 8.78 Å². The number of phenolic OH excluding ortho intramolecular Hbond substituents is 1. The molecule has 9 nitrogen and oxygen atoms in total. The van der Waals surface area contributed by atoms with E-state index in [9.17, 15) is 23.5 Å². The van der Waals surface area contributed by atoms with Gasteiger partial charge in [0, 0.05) is 62.3 Å². The highest BCUT2D eigenvalue weighted by molar-refractivity contribution is 6.08. The van der Waals surface area contributed by atoms with Crippen LogP contribution in [0.3, 0.4) is 0 Å². The number of fused-ring (bicyclic) bond motifs is 4. The highest BCUT2D eigenvalue weighted by Crippen LogP contribution is 2.48. The number of piperazine rings is 1. The molecule has 0 spiro atoms. The van der Waals surface area contributed by atoms with Gasteiger partial charge >= 0.3 is 12.6 Å². The number of aromatic hydroxyl groups is 1.